The van der Waals surface area contributed by atoms with Crippen LogP contribution < -0.4 is 0 Å². The van der Waals surface area contributed by atoms with Crippen LogP contribution in [-0.4, -0.2) is 26.0 Å². The van der Waals surface area contributed by atoms with Crippen LogP contribution in [-0.2, 0) is 13.1 Å². The molecule has 98 valence electrons. The van der Waals surface area contributed by atoms with Crippen LogP contribution in [0.2, 0.25) is 0 Å². The van der Waals surface area contributed by atoms with E-state index in [1.807, 2.05) is 4.90 Å². The Balaban J connectivity index is 1.83. The van der Waals surface area contributed by atoms with E-state index in [-0.39, 0.29) is 5.91 Å². The summed E-state index contributed by atoms with van der Waals surface area (Å²) in [5.41, 5.74) is 3.93. The molecule has 1 N–H and O–H groups in total. The second-order valence-corrected chi connectivity index (χ2v) is 5.12. The van der Waals surface area contributed by atoms with Crippen molar-refractivity contribution in [3.05, 3.63) is 47.0 Å². The summed E-state index contributed by atoms with van der Waals surface area (Å²) in [5, 5.41) is 7.37. The maximum atomic E-state index is 12.3. The molecule has 19 heavy (non-hydrogen) atoms. The molecule has 1 amide bonds. The standard InChI is InChI=1S/C14H16N4O/c1-9(2)13-11-7-18(8-12(11)16-17-13)14(19)10-4-3-5-15-6-10/h3-6,9H,7-8H2,1-2H3,(H,16,17). The number of pyridine rings is 1. The Morgan fingerprint density at radius 1 is 1.42 bits per heavy atom. The molecule has 3 heterocycles. The molecule has 3 rings (SSSR count). The van der Waals surface area contributed by atoms with E-state index in [0.29, 0.717) is 24.6 Å². The van der Waals surface area contributed by atoms with Crippen LogP contribution in [0.15, 0.2) is 24.5 Å². The molecule has 0 fully saturated rings. The van der Waals surface area contributed by atoms with Gasteiger partial charge in [-0.05, 0) is 18.1 Å². The van der Waals surface area contributed by atoms with E-state index < -0.39 is 0 Å². The summed E-state index contributed by atoms with van der Waals surface area (Å²) in [6, 6.07) is 3.58. The largest absolute Gasteiger partial charge is 0.328 e. The quantitative estimate of drug-likeness (QED) is 0.894. The lowest BCUT2D eigenvalue weighted by Crippen LogP contribution is -2.26. The third kappa shape index (κ3) is 2.01. The predicted octanol–water partition coefficient (Wildman–Crippen LogP) is 2.08. The van der Waals surface area contributed by atoms with Crippen LogP contribution in [0.1, 0.15) is 47.1 Å². The highest BCUT2D eigenvalue weighted by Gasteiger charge is 2.29. The lowest BCUT2D eigenvalue weighted by Gasteiger charge is -2.15. The first kappa shape index (κ1) is 11.9. The van der Waals surface area contributed by atoms with Crippen molar-refractivity contribution in [1.29, 1.82) is 0 Å². The van der Waals surface area contributed by atoms with Gasteiger partial charge in [-0.1, -0.05) is 13.8 Å². The molecule has 0 aromatic carbocycles. The van der Waals surface area contributed by atoms with Crippen molar-refractivity contribution in [3.8, 4) is 0 Å². The highest BCUT2D eigenvalue weighted by Crippen LogP contribution is 2.28. The van der Waals surface area contributed by atoms with E-state index in [1.165, 1.54) is 5.56 Å². The number of fused-ring (bicyclic) bond motifs is 1. The van der Waals surface area contributed by atoms with E-state index in [0.717, 1.165) is 11.4 Å². The van der Waals surface area contributed by atoms with E-state index in [9.17, 15) is 4.79 Å². The zero-order valence-electron chi connectivity index (χ0n) is 11.1. The van der Waals surface area contributed by atoms with Gasteiger partial charge in [-0.25, -0.2) is 0 Å². The van der Waals surface area contributed by atoms with Crippen LogP contribution >= 0.6 is 0 Å². The van der Waals surface area contributed by atoms with E-state index in [2.05, 4.69) is 29.0 Å². The highest BCUT2D eigenvalue weighted by atomic mass is 16.2. The molecule has 5 heteroatoms. The van der Waals surface area contributed by atoms with Gasteiger partial charge in [0.05, 0.1) is 30.0 Å². The molecule has 0 atom stereocenters. The minimum absolute atomic E-state index is 0.0207. The average Bonchev–Trinajstić information content (AvgIpc) is 2.98. The summed E-state index contributed by atoms with van der Waals surface area (Å²) >= 11 is 0. The number of nitrogens with one attached hydrogen (secondary N) is 1. The Bertz CT molecular complexity index is 603. The molecule has 1 aliphatic rings. The minimum Gasteiger partial charge on any atom is -0.328 e. The first-order chi connectivity index (χ1) is 9.16. The molecular formula is C14H16N4O. The Morgan fingerprint density at radius 2 is 2.26 bits per heavy atom. The fourth-order valence-corrected chi connectivity index (χ4v) is 2.46. The lowest BCUT2D eigenvalue weighted by molar-refractivity contribution is 0.0748. The van der Waals surface area contributed by atoms with Gasteiger partial charge in [-0.3, -0.25) is 14.9 Å². The van der Waals surface area contributed by atoms with Gasteiger partial charge in [0, 0.05) is 18.0 Å². The summed E-state index contributed by atoms with van der Waals surface area (Å²) in [5.74, 6) is 0.390. The molecule has 5 nitrogen and oxygen atoms in total. The second kappa shape index (κ2) is 4.50. The molecular weight excluding hydrogens is 240 g/mol. The van der Waals surface area contributed by atoms with Crippen LogP contribution in [0.25, 0.3) is 0 Å². The van der Waals surface area contributed by atoms with Crippen LogP contribution in [0.4, 0.5) is 0 Å². The summed E-state index contributed by atoms with van der Waals surface area (Å²) in [7, 11) is 0. The van der Waals surface area contributed by atoms with Crippen molar-refractivity contribution in [3.63, 3.8) is 0 Å². The fraction of sp³-hybridized carbons (Fsp3) is 0.357. The smallest absolute Gasteiger partial charge is 0.256 e. The van der Waals surface area contributed by atoms with Crippen molar-refractivity contribution in [1.82, 2.24) is 20.1 Å². The zero-order chi connectivity index (χ0) is 13.4. The topological polar surface area (TPSA) is 61.9 Å². The van der Waals surface area contributed by atoms with Gasteiger partial charge in [0.1, 0.15) is 0 Å². The first-order valence-electron chi connectivity index (χ1n) is 6.42. The van der Waals surface area contributed by atoms with Crippen molar-refractivity contribution < 1.29 is 4.79 Å². The molecule has 2 aromatic rings. The van der Waals surface area contributed by atoms with Gasteiger partial charge in [-0.15, -0.1) is 0 Å². The second-order valence-electron chi connectivity index (χ2n) is 5.12. The Kier molecular flexibility index (Phi) is 2.81. The van der Waals surface area contributed by atoms with E-state index >= 15 is 0 Å². The fourth-order valence-electron chi connectivity index (χ4n) is 2.46. The number of carbonyl (C=O) groups is 1. The number of amides is 1. The molecule has 1 aliphatic heterocycles. The molecule has 0 spiro atoms. The Labute approximate surface area is 111 Å². The number of rotatable bonds is 2. The number of hydrogen-bond donors (Lipinski definition) is 1. The molecule has 0 bridgehead atoms. The predicted molar refractivity (Wildman–Crippen MR) is 70.5 cm³/mol. The minimum atomic E-state index is 0.0207. The van der Waals surface area contributed by atoms with Crippen LogP contribution in [0, 0.1) is 0 Å². The molecule has 0 aliphatic carbocycles. The van der Waals surface area contributed by atoms with Crippen LogP contribution in [0.3, 0.4) is 0 Å². The third-order valence-corrected chi connectivity index (χ3v) is 3.43. The number of nitrogens with zero attached hydrogens (tertiary/aromatic N) is 3. The van der Waals surface area contributed by atoms with Crippen molar-refractivity contribution >= 4 is 5.91 Å². The third-order valence-electron chi connectivity index (χ3n) is 3.43. The van der Waals surface area contributed by atoms with Crippen molar-refractivity contribution in [2.75, 3.05) is 0 Å². The average molecular weight is 256 g/mol. The van der Waals surface area contributed by atoms with Gasteiger partial charge in [-0.2, -0.15) is 5.10 Å². The van der Waals surface area contributed by atoms with Crippen molar-refractivity contribution in [2.24, 2.45) is 0 Å². The van der Waals surface area contributed by atoms with Crippen molar-refractivity contribution in [2.45, 2.75) is 32.9 Å². The first-order valence-corrected chi connectivity index (χ1v) is 6.42. The van der Waals surface area contributed by atoms with E-state index in [4.69, 9.17) is 0 Å². The molecule has 2 aromatic heterocycles. The van der Waals surface area contributed by atoms with Gasteiger partial charge < -0.3 is 4.90 Å². The number of hydrogen-bond acceptors (Lipinski definition) is 3. The maximum Gasteiger partial charge on any atom is 0.256 e. The Hall–Kier alpha value is -2.17. The monoisotopic (exact) mass is 256 g/mol. The number of H-pyrrole nitrogens is 1. The molecule has 0 saturated heterocycles. The number of carbonyl (C=O) groups excluding carboxylic acids is 1. The lowest BCUT2D eigenvalue weighted by atomic mass is 10.1. The molecule has 0 saturated carbocycles. The summed E-state index contributed by atoms with van der Waals surface area (Å²) in [6.07, 6.45) is 3.28. The van der Waals surface area contributed by atoms with Crippen LogP contribution in [0.5, 0.6) is 0 Å². The summed E-state index contributed by atoms with van der Waals surface area (Å²) < 4.78 is 0. The zero-order valence-corrected chi connectivity index (χ0v) is 11.1. The molecule has 0 radical (unpaired) electrons. The van der Waals surface area contributed by atoms with Gasteiger partial charge in [0.25, 0.3) is 5.91 Å². The van der Waals surface area contributed by atoms with Gasteiger partial charge in [0.15, 0.2) is 0 Å². The van der Waals surface area contributed by atoms with Gasteiger partial charge >= 0.3 is 0 Å². The molecule has 0 unspecified atom stereocenters. The SMILES string of the molecule is CC(C)c1n[nH]c2c1CN(C(=O)c1cccnc1)C2. The normalized spacial score (nSPS) is 13.9. The maximum absolute atomic E-state index is 12.3. The van der Waals surface area contributed by atoms with E-state index in [1.54, 1.807) is 24.5 Å². The summed E-state index contributed by atoms with van der Waals surface area (Å²) in [4.78, 5) is 18.2. The van der Waals surface area contributed by atoms with Gasteiger partial charge in [0.2, 0.25) is 0 Å². The number of aromatic nitrogens is 3. The number of aromatic amines is 1. The highest BCUT2D eigenvalue weighted by molar-refractivity contribution is 5.94. The summed E-state index contributed by atoms with van der Waals surface area (Å²) in [6.45, 7) is 5.46. The Morgan fingerprint density at radius 3 is 2.95 bits per heavy atom.